The highest BCUT2D eigenvalue weighted by atomic mass is 15.3. The van der Waals surface area contributed by atoms with Crippen LogP contribution in [0, 0.1) is 11.8 Å². The van der Waals surface area contributed by atoms with E-state index >= 15 is 0 Å². The fourth-order valence-electron chi connectivity index (χ4n) is 3.85. The Balaban J connectivity index is 1.56. The molecule has 0 radical (unpaired) electrons. The molecule has 0 N–H and O–H groups in total. The van der Waals surface area contributed by atoms with E-state index in [0.717, 1.165) is 11.8 Å². The molecule has 0 aromatic heterocycles. The number of nitrogens with zero attached hydrogens (tertiary/aromatic N) is 3. The molecular formula is C19H39N3. The van der Waals surface area contributed by atoms with Crippen molar-refractivity contribution in [1.82, 2.24) is 14.7 Å². The van der Waals surface area contributed by atoms with E-state index in [-0.39, 0.29) is 0 Å². The summed E-state index contributed by atoms with van der Waals surface area (Å²) in [5.74, 6) is 1.88. The minimum atomic E-state index is 0.715. The summed E-state index contributed by atoms with van der Waals surface area (Å²) in [6.07, 6.45) is 5.76. The molecule has 2 rings (SSSR count). The molecule has 0 aromatic rings. The van der Waals surface area contributed by atoms with Crippen molar-refractivity contribution in [3.63, 3.8) is 0 Å². The van der Waals surface area contributed by atoms with Crippen molar-refractivity contribution >= 4 is 0 Å². The van der Waals surface area contributed by atoms with Gasteiger partial charge in [0.15, 0.2) is 0 Å². The van der Waals surface area contributed by atoms with Crippen LogP contribution in [0.15, 0.2) is 0 Å². The number of piperidine rings is 1. The van der Waals surface area contributed by atoms with Crippen molar-refractivity contribution in [1.29, 1.82) is 0 Å². The standard InChI is InChI=1S/C19H39N3/c1-17(2)5-6-19-7-9-20(10-8-19)11-12-21-13-15-22(16-14-21)18(3)4/h17-19H,5-16H2,1-4H3. The molecule has 2 heterocycles. The molecule has 0 amide bonds. The van der Waals surface area contributed by atoms with Crippen LogP contribution in [-0.2, 0) is 0 Å². The molecule has 0 unspecified atom stereocenters. The highest BCUT2D eigenvalue weighted by molar-refractivity contribution is 4.77. The van der Waals surface area contributed by atoms with Gasteiger partial charge in [0.1, 0.15) is 0 Å². The third kappa shape index (κ3) is 6.17. The number of hydrogen-bond acceptors (Lipinski definition) is 3. The van der Waals surface area contributed by atoms with Crippen LogP contribution in [0.25, 0.3) is 0 Å². The van der Waals surface area contributed by atoms with Crippen LogP contribution in [0.2, 0.25) is 0 Å². The van der Waals surface area contributed by atoms with Gasteiger partial charge in [-0.05, 0) is 51.6 Å². The summed E-state index contributed by atoms with van der Waals surface area (Å²) in [7, 11) is 0. The lowest BCUT2D eigenvalue weighted by molar-refractivity contribution is 0.0910. The molecule has 2 aliphatic heterocycles. The molecule has 3 heteroatoms. The zero-order valence-electron chi connectivity index (χ0n) is 15.6. The van der Waals surface area contributed by atoms with Crippen molar-refractivity contribution in [3.8, 4) is 0 Å². The Morgan fingerprint density at radius 3 is 1.82 bits per heavy atom. The normalized spacial score (nSPS) is 23.7. The number of hydrogen-bond donors (Lipinski definition) is 0. The second-order valence-corrected chi connectivity index (χ2v) is 8.23. The van der Waals surface area contributed by atoms with Crippen molar-refractivity contribution in [3.05, 3.63) is 0 Å². The lowest BCUT2D eigenvalue weighted by Crippen LogP contribution is -2.50. The Morgan fingerprint density at radius 1 is 0.773 bits per heavy atom. The van der Waals surface area contributed by atoms with Crippen molar-refractivity contribution in [2.75, 3.05) is 52.4 Å². The van der Waals surface area contributed by atoms with Crippen LogP contribution >= 0.6 is 0 Å². The van der Waals surface area contributed by atoms with Gasteiger partial charge in [-0.2, -0.15) is 0 Å². The van der Waals surface area contributed by atoms with E-state index in [2.05, 4.69) is 42.4 Å². The van der Waals surface area contributed by atoms with E-state index in [1.54, 1.807) is 0 Å². The van der Waals surface area contributed by atoms with Gasteiger partial charge in [-0.3, -0.25) is 9.80 Å². The van der Waals surface area contributed by atoms with Crippen LogP contribution in [0.4, 0.5) is 0 Å². The number of likely N-dealkylation sites (tertiary alicyclic amines) is 1. The molecule has 0 atom stereocenters. The SMILES string of the molecule is CC(C)CCC1CCN(CCN2CCN(C(C)C)CC2)CC1. The van der Waals surface area contributed by atoms with Gasteiger partial charge in [-0.15, -0.1) is 0 Å². The van der Waals surface area contributed by atoms with Gasteiger partial charge in [0, 0.05) is 45.3 Å². The monoisotopic (exact) mass is 309 g/mol. The summed E-state index contributed by atoms with van der Waals surface area (Å²) in [5, 5.41) is 0. The fraction of sp³-hybridized carbons (Fsp3) is 1.00. The topological polar surface area (TPSA) is 9.72 Å². The predicted molar refractivity (Wildman–Crippen MR) is 96.4 cm³/mol. The Kier molecular flexibility index (Phi) is 7.66. The number of piperazine rings is 1. The van der Waals surface area contributed by atoms with E-state index in [4.69, 9.17) is 0 Å². The molecule has 2 aliphatic rings. The first-order chi connectivity index (χ1) is 10.5. The van der Waals surface area contributed by atoms with Gasteiger partial charge < -0.3 is 4.90 Å². The molecule has 3 nitrogen and oxygen atoms in total. The van der Waals surface area contributed by atoms with E-state index in [0.29, 0.717) is 6.04 Å². The van der Waals surface area contributed by atoms with Gasteiger partial charge in [-0.25, -0.2) is 0 Å². The third-order valence-electron chi connectivity index (χ3n) is 5.73. The first-order valence-corrected chi connectivity index (χ1v) is 9.73. The van der Waals surface area contributed by atoms with Crippen LogP contribution in [0.1, 0.15) is 53.4 Å². The molecule has 0 saturated carbocycles. The van der Waals surface area contributed by atoms with Crippen molar-refractivity contribution in [2.45, 2.75) is 59.4 Å². The molecule has 22 heavy (non-hydrogen) atoms. The highest BCUT2D eigenvalue weighted by Crippen LogP contribution is 2.23. The largest absolute Gasteiger partial charge is 0.302 e. The van der Waals surface area contributed by atoms with Crippen LogP contribution in [0.3, 0.4) is 0 Å². The van der Waals surface area contributed by atoms with E-state index < -0.39 is 0 Å². The Bertz CT molecular complexity index is 287. The second-order valence-electron chi connectivity index (χ2n) is 8.23. The maximum Gasteiger partial charge on any atom is 0.0113 e. The summed E-state index contributed by atoms with van der Waals surface area (Å²) in [4.78, 5) is 7.99. The van der Waals surface area contributed by atoms with Gasteiger partial charge in [0.25, 0.3) is 0 Å². The van der Waals surface area contributed by atoms with Crippen LogP contribution < -0.4 is 0 Å². The lowest BCUT2D eigenvalue weighted by Gasteiger charge is -2.38. The maximum atomic E-state index is 2.71. The minimum Gasteiger partial charge on any atom is -0.302 e. The van der Waals surface area contributed by atoms with E-state index in [9.17, 15) is 0 Å². The Labute approximate surface area is 139 Å². The molecule has 0 aliphatic carbocycles. The number of rotatable bonds is 7. The summed E-state index contributed by atoms with van der Waals surface area (Å²) in [6, 6.07) is 0.715. The molecular weight excluding hydrogens is 270 g/mol. The first-order valence-electron chi connectivity index (χ1n) is 9.73. The molecule has 0 bridgehead atoms. The van der Waals surface area contributed by atoms with Crippen molar-refractivity contribution < 1.29 is 0 Å². The molecule has 2 saturated heterocycles. The molecule has 0 aromatic carbocycles. The first kappa shape index (κ1) is 18.2. The second kappa shape index (κ2) is 9.24. The summed E-state index contributed by atoms with van der Waals surface area (Å²) in [5.41, 5.74) is 0. The van der Waals surface area contributed by atoms with Crippen molar-refractivity contribution in [2.24, 2.45) is 11.8 Å². The lowest BCUT2D eigenvalue weighted by atomic mass is 9.90. The average molecular weight is 310 g/mol. The van der Waals surface area contributed by atoms with Gasteiger partial charge in [0.05, 0.1) is 0 Å². The quantitative estimate of drug-likeness (QED) is 0.715. The predicted octanol–water partition coefficient (Wildman–Crippen LogP) is 3.16. The summed E-state index contributed by atoms with van der Waals surface area (Å²) >= 11 is 0. The molecule has 130 valence electrons. The zero-order chi connectivity index (χ0) is 15.9. The van der Waals surface area contributed by atoms with E-state index in [1.807, 2.05) is 0 Å². The van der Waals surface area contributed by atoms with Gasteiger partial charge in [-0.1, -0.05) is 26.7 Å². The van der Waals surface area contributed by atoms with Gasteiger partial charge in [0.2, 0.25) is 0 Å². The summed E-state index contributed by atoms with van der Waals surface area (Å²) < 4.78 is 0. The smallest absolute Gasteiger partial charge is 0.0113 e. The highest BCUT2D eigenvalue weighted by Gasteiger charge is 2.21. The van der Waals surface area contributed by atoms with Crippen LogP contribution in [0.5, 0.6) is 0 Å². The maximum absolute atomic E-state index is 2.71. The molecule has 0 spiro atoms. The zero-order valence-corrected chi connectivity index (χ0v) is 15.6. The fourth-order valence-corrected chi connectivity index (χ4v) is 3.85. The van der Waals surface area contributed by atoms with Crippen LogP contribution in [-0.4, -0.2) is 73.1 Å². The van der Waals surface area contributed by atoms with Gasteiger partial charge >= 0.3 is 0 Å². The average Bonchev–Trinajstić information content (AvgIpc) is 2.52. The summed E-state index contributed by atoms with van der Waals surface area (Å²) in [6.45, 7) is 19.7. The molecule has 2 fully saturated rings. The Hall–Kier alpha value is -0.120. The minimum absolute atomic E-state index is 0.715. The Morgan fingerprint density at radius 2 is 1.32 bits per heavy atom. The van der Waals surface area contributed by atoms with E-state index in [1.165, 1.54) is 78.0 Å². The third-order valence-corrected chi connectivity index (χ3v) is 5.73.